The highest BCUT2D eigenvalue weighted by Crippen LogP contribution is 2.16. The molecular formula is C13H18O3. The summed E-state index contributed by atoms with van der Waals surface area (Å²) in [5.74, 6) is -0.447. The average Bonchev–Trinajstić information content (AvgIpc) is 2.25. The molecule has 0 radical (unpaired) electrons. The number of aliphatic hydroxyl groups is 1. The first kappa shape index (κ1) is 12.7. The van der Waals surface area contributed by atoms with Crippen LogP contribution in [0.3, 0.4) is 0 Å². The third kappa shape index (κ3) is 3.66. The van der Waals surface area contributed by atoms with Crippen LogP contribution in [0.2, 0.25) is 0 Å². The van der Waals surface area contributed by atoms with Crippen molar-refractivity contribution in [2.45, 2.75) is 26.4 Å². The summed E-state index contributed by atoms with van der Waals surface area (Å²) in [5, 5.41) is 9.68. The van der Waals surface area contributed by atoms with Crippen molar-refractivity contribution in [2.24, 2.45) is 5.92 Å². The van der Waals surface area contributed by atoms with Crippen LogP contribution in [0.4, 0.5) is 0 Å². The van der Waals surface area contributed by atoms with Gasteiger partial charge in [-0.3, -0.25) is 0 Å². The Kier molecular flexibility index (Phi) is 4.07. The molecule has 16 heavy (non-hydrogen) atoms. The fraction of sp³-hybridized carbons (Fsp3) is 0.462. The van der Waals surface area contributed by atoms with Crippen molar-refractivity contribution < 1.29 is 14.6 Å². The molecule has 0 heterocycles. The van der Waals surface area contributed by atoms with E-state index < -0.39 is 5.60 Å². The van der Waals surface area contributed by atoms with Gasteiger partial charge in [0, 0.05) is 5.92 Å². The Hall–Kier alpha value is -1.35. The van der Waals surface area contributed by atoms with E-state index in [1.165, 1.54) is 0 Å². The third-order valence-electron chi connectivity index (χ3n) is 2.68. The van der Waals surface area contributed by atoms with Gasteiger partial charge in [0.1, 0.15) is 0 Å². The van der Waals surface area contributed by atoms with E-state index in [0.717, 1.165) is 0 Å². The number of hydrogen-bond donors (Lipinski definition) is 1. The van der Waals surface area contributed by atoms with Crippen LogP contribution in [-0.2, 0) is 4.74 Å². The van der Waals surface area contributed by atoms with E-state index in [1.807, 2.05) is 13.0 Å². The number of ether oxygens (including phenoxy) is 1. The van der Waals surface area contributed by atoms with Gasteiger partial charge in [0.2, 0.25) is 0 Å². The van der Waals surface area contributed by atoms with Crippen molar-refractivity contribution >= 4 is 5.97 Å². The monoisotopic (exact) mass is 222 g/mol. The van der Waals surface area contributed by atoms with Crippen LogP contribution in [0.1, 0.15) is 31.1 Å². The van der Waals surface area contributed by atoms with Gasteiger partial charge < -0.3 is 9.84 Å². The van der Waals surface area contributed by atoms with Crippen molar-refractivity contribution in [1.82, 2.24) is 0 Å². The highest BCUT2D eigenvalue weighted by molar-refractivity contribution is 5.89. The van der Waals surface area contributed by atoms with Gasteiger partial charge in [-0.2, -0.15) is 0 Å². The molecule has 0 saturated heterocycles. The zero-order valence-corrected chi connectivity index (χ0v) is 9.93. The highest BCUT2D eigenvalue weighted by Gasteiger charge is 2.23. The molecule has 1 N–H and O–H groups in total. The second-order valence-corrected chi connectivity index (χ2v) is 4.52. The molecule has 0 aliphatic rings. The molecule has 0 aliphatic carbocycles. The summed E-state index contributed by atoms with van der Waals surface area (Å²) in [6, 6.07) is 8.83. The van der Waals surface area contributed by atoms with Gasteiger partial charge in [-0.1, -0.05) is 25.1 Å². The second kappa shape index (κ2) is 5.12. The molecular weight excluding hydrogens is 204 g/mol. The Morgan fingerprint density at radius 3 is 2.44 bits per heavy atom. The first-order chi connectivity index (χ1) is 7.41. The SMILES string of the molecule is CC(COC(=O)c1ccccc1)C(C)(C)O. The number of carbonyl (C=O) groups is 1. The number of hydrogen-bond acceptors (Lipinski definition) is 3. The number of carbonyl (C=O) groups excluding carboxylic acids is 1. The number of rotatable bonds is 4. The van der Waals surface area contributed by atoms with E-state index in [1.54, 1.807) is 38.1 Å². The first-order valence-corrected chi connectivity index (χ1v) is 5.36. The van der Waals surface area contributed by atoms with E-state index in [2.05, 4.69) is 0 Å². The van der Waals surface area contributed by atoms with Crippen LogP contribution in [0, 0.1) is 5.92 Å². The zero-order chi connectivity index (χ0) is 12.2. The van der Waals surface area contributed by atoms with E-state index in [4.69, 9.17) is 4.74 Å². The van der Waals surface area contributed by atoms with Crippen LogP contribution in [0.25, 0.3) is 0 Å². The van der Waals surface area contributed by atoms with Crippen molar-refractivity contribution in [2.75, 3.05) is 6.61 Å². The number of benzene rings is 1. The normalized spacial score (nSPS) is 13.2. The molecule has 0 aromatic heterocycles. The molecule has 1 aromatic carbocycles. The Morgan fingerprint density at radius 1 is 1.38 bits per heavy atom. The molecule has 1 rings (SSSR count). The maximum absolute atomic E-state index is 11.6. The molecule has 0 aliphatic heterocycles. The molecule has 3 heteroatoms. The maximum atomic E-state index is 11.6. The first-order valence-electron chi connectivity index (χ1n) is 5.36. The van der Waals surface area contributed by atoms with Gasteiger partial charge in [0.05, 0.1) is 17.8 Å². The standard InChI is InChI=1S/C13H18O3/c1-10(13(2,3)15)9-16-12(14)11-7-5-4-6-8-11/h4-8,10,15H,9H2,1-3H3. The lowest BCUT2D eigenvalue weighted by molar-refractivity contribution is -0.0131. The summed E-state index contributed by atoms with van der Waals surface area (Å²) in [5.41, 5.74) is -0.304. The molecule has 3 nitrogen and oxygen atoms in total. The van der Waals surface area contributed by atoms with E-state index in [-0.39, 0.29) is 18.5 Å². The molecule has 1 atom stereocenters. The van der Waals surface area contributed by atoms with Gasteiger partial charge >= 0.3 is 5.97 Å². The Labute approximate surface area is 96.1 Å². The molecule has 0 spiro atoms. The fourth-order valence-corrected chi connectivity index (χ4v) is 1.06. The molecule has 0 fully saturated rings. The minimum atomic E-state index is -0.836. The molecule has 0 bridgehead atoms. The van der Waals surface area contributed by atoms with Gasteiger partial charge in [0.25, 0.3) is 0 Å². The van der Waals surface area contributed by atoms with E-state index in [9.17, 15) is 9.90 Å². The van der Waals surface area contributed by atoms with Crippen LogP contribution in [0.5, 0.6) is 0 Å². The summed E-state index contributed by atoms with van der Waals surface area (Å²) < 4.78 is 5.12. The van der Waals surface area contributed by atoms with Crippen LogP contribution < -0.4 is 0 Å². The average molecular weight is 222 g/mol. The topological polar surface area (TPSA) is 46.5 Å². The molecule has 88 valence electrons. The Balaban J connectivity index is 2.48. The lowest BCUT2D eigenvalue weighted by Gasteiger charge is -2.25. The third-order valence-corrected chi connectivity index (χ3v) is 2.68. The predicted octanol–water partition coefficient (Wildman–Crippen LogP) is 2.25. The summed E-state index contributed by atoms with van der Waals surface area (Å²) >= 11 is 0. The maximum Gasteiger partial charge on any atom is 0.338 e. The van der Waals surface area contributed by atoms with Crippen LogP contribution >= 0.6 is 0 Å². The predicted molar refractivity (Wildman–Crippen MR) is 62.2 cm³/mol. The van der Waals surface area contributed by atoms with Crippen molar-refractivity contribution in [3.05, 3.63) is 35.9 Å². The molecule has 1 aromatic rings. The largest absolute Gasteiger partial charge is 0.462 e. The van der Waals surface area contributed by atoms with Gasteiger partial charge in [0.15, 0.2) is 0 Å². The van der Waals surface area contributed by atoms with Crippen LogP contribution in [-0.4, -0.2) is 23.3 Å². The second-order valence-electron chi connectivity index (χ2n) is 4.52. The lowest BCUT2D eigenvalue weighted by Crippen LogP contribution is -2.32. The van der Waals surface area contributed by atoms with E-state index >= 15 is 0 Å². The minimum Gasteiger partial charge on any atom is -0.462 e. The zero-order valence-electron chi connectivity index (χ0n) is 9.93. The summed E-state index contributed by atoms with van der Waals surface area (Å²) in [6.45, 7) is 5.47. The minimum absolute atomic E-state index is 0.0971. The van der Waals surface area contributed by atoms with E-state index in [0.29, 0.717) is 5.56 Å². The van der Waals surface area contributed by atoms with Gasteiger partial charge in [-0.15, -0.1) is 0 Å². The quantitative estimate of drug-likeness (QED) is 0.795. The van der Waals surface area contributed by atoms with Gasteiger partial charge in [-0.25, -0.2) is 4.79 Å². The summed E-state index contributed by atoms with van der Waals surface area (Å²) in [4.78, 5) is 11.6. The summed E-state index contributed by atoms with van der Waals surface area (Å²) in [6.07, 6.45) is 0. The number of esters is 1. The molecule has 1 unspecified atom stereocenters. The molecule has 0 saturated carbocycles. The lowest BCUT2D eigenvalue weighted by atomic mass is 9.94. The summed E-state index contributed by atoms with van der Waals surface area (Å²) in [7, 11) is 0. The van der Waals surface area contributed by atoms with Crippen molar-refractivity contribution in [3.8, 4) is 0 Å². The molecule has 0 amide bonds. The smallest absolute Gasteiger partial charge is 0.338 e. The van der Waals surface area contributed by atoms with Gasteiger partial charge in [-0.05, 0) is 26.0 Å². The Morgan fingerprint density at radius 2 is 1.94 bits per heavy atom. The van der Waals surface area contributed by atoms with Crippen molar-refractivity contribution in [3.63, 3.8) is 0 Å². The fourth-order valence-electron chi connectivity index (χ4n) is 1.06. The van der Waals surface area contributed by atoms with Crippen molar-refractivity contribution in [1.29, 1.82) is 0 Å². The van der Waals surface area contributed by atoms with Crippen LogP contribution in [0.15, 0.2) is 30.3 Å². The Bertz CT molecular complexity index is 338. The highest BCUT2D eigenvalue weighted by atomic mass is 16.5.